The number of ether oxygens (including phenoxy) is 2. The maximum absolute atomic E-state index is 12.4. The van der Waals surface area contributed by atoms with E-state index < -0.39 is 6.29 Å². The molecule has 0 saturated carbocycles. The van der Waals surface area contributed by atoms with Crippen LogP contribution in [0.4, 0.5) is 10.5 Å². The third-order valence-corrected chi connectivity index (χ3v) is 8.16. The van der Waals surface area contributed by atoms with E-state index in [1.54, 1.807) is 18.0 Å². The fourth-order valence-corrected chi connectivity index (χ4v) is 5.73. The first kappa shape index (κ1) is 27.9. The molecule has 5 rings (SSSR count). The van der Waals surface area contributed by atoms with E-state index in [0.29, 0.717) is 12.2 Å². The number of aliphatic hydroxyl groups is 1. The zero-order valence-electron chi connectivity index (χ0n) is 22.6. The number of anilines is 1. The lowest BCUT2D eigenvalue weighted by molar-refractivity contribution is -0.268. The van der Waals surface area contributed by atoms with Crippen LogP contribution in [0, 0.1) is 5.92 Å². The van der Waals surface area contributed by atoms with Crippen LogP contribution in [0.15, 0.2) is 96.4 Å². The number of carbonyl (C=O) groups is 1. The van der Waals surface area contributed by atoms with E-state index >= 15 is 0 Å². The van der Waals surface area contributed by atoms with Gasteiger partial charge in [-0.1, -0.05) is 85.4 Å². The molecule has 0 bridgehead atoms. The van der Waals surface area contributed by atoms with Gasteiger partial charge in [0.2, 0.25) is 0 Å². The molecule has 0 unspecified atom stereocenters. The molecule has 0 radical (unpaired) electrons. The molecule has 4 aromatic rings. The monoisotopic (exact) mass is 558 g/mol. The van der Waals surface area contributed by atoms with Gasteiger partial charge in [0.25, 0.3) is 0 Å². The van der Waals surface area contributed by atoms with E-state index in [9.17, 15) is 9.90 Å². The molecule has 3 aromatic carbocycles. The predicted molar refractivity (Wildman–Crippen MR) is 156 cm³/mol. The highest BCUT2D eigenvalue weighted by atomic mass is 32.2. The van der Waals surface area contributed by atoms with Gasteiger partial charge in [0.05, 0.1) is 18.8 Å². The molecular weight excluding hydrogens is 524 g/mol. The molecule has 208 valence electrons. The van der Waals surface area contributed by atoms with Gasteiger partial charge in [-0.15, -0.1) is 0 Å². The molecule has 1 aliphatic rings. The van der Waals surface area contributed by atoms with Crippen molar-refractivity contribution in [2.24, 2.45) is 13.0 Å². The third-order valence-electron chi connectivity index (χ3n) is 7.01. The van der Waals surface area contributed by atoms with Crippen LogP contribution in [-0.4, -0.2) is 32.5 Å². The van der Waals surface area contributed by atoms with Crippen LogP contribution in [-0.2, 0) is 29.7 Å². The van der Waals surface area contributed by atoms with Crippen LogP contribution >= 0.6 is 11.8 Å². The number of nitrogens with zero attached hydrogens (tertiary/aromatic N) is 2. The zero-order valence-corrected chi connectivity index (χ0v) is 23.4. The molecule has 3 N–H and O–H groups in total. The van der Waals surface area contributed by atoms with Crippen molar-refractivity contribution >= 4 is 23.5 Å². The minimum absolute atomic E-state index is 0.000680. The Morgan fingerprint density at radius 3 is 2.38 bits per heavy atom. The van der Waals surface area contributed by atoms with E-state index in [-0.39, 0.29) is 30.8 Å². The molecule has 1 aromatic heterocycles. The molecule has 2 heterocycles. The second kappa shape index (κ2) is 13.1. The Labute approximate surface area is 238 Å². The van der Waals surface area contributed by atoms with E-state index in [4.69, 9.17) is 9.47 Å². The van der Waals surface area contributed by atoms with Crippen molar-refractivity contribution in [3.63, 3.8) is 0 Å². The summed E-state index contributed by atoms with van der Waals surface area (Å²) in [4.78, 5) is 16.8. The number of imidazole rings is 1. The van der Waals surface area contributed by atoms with Gasteiger partial charge < -0.3 is 29.8 Å². The minimum Gasteiger partial charge on any atom is -0.392 e. The van der Waals surface area contributed by atoms with Crippen LogP contribution in [0.1, 0.15) is 41.6 Å². The molecule has 0 spiro atoms. The second-order valence-electron chi connectivity index (χ2n) is 9.87. The summed E-state index contributed by atoms with van der Waals surface area (Å²) in [5.74, 6) is 0.802. The Balaban J connectivity index is 1.28. The van der Waals surface area contributed by atoms with Gasteiger partial charge in [-0.3, -0.25) is 0 Å². The average Bonchev–Trinajstić information content (AvgIpc) is 3.41. The first-order valence-corrected chi connectivity index (χ1v) is 14.3. The number of aryl methyl sites for hydroxylation is 1. The molecular formula is C31H34N4O4S. The summed E-state index contributed by atoms with van der Waals surface area (Å²) in [6.07, 6.45) is 2.86. The van der Waals surface area contributed by atoms with Crippen molar-refractivity contribution in [1.82, 2.24) is 14.9 Å². The Bertz CT molecular complexity index is 1380. The van der Waals surface area contributed by atoms with Crippen molar-refractivity contribution in [3.8, 4) is 0 Å². The number of benzene rings is 3. The summed E-state index contributed by atoms with van der Waals surface area (Å²) in [6.45, 7) is 2.59. The van der Waals surface area contributed by atoms with Gasteiger partial charge in [0.15, 0.2) is 11.4 Å². The maximum atomic E-state index is 12.4. The lowest BCUT2D eigenvalue weighted by Crippen LogP contribution is -2.38. The number of urea groups is 1. The quantitative estimate of drug-likeness (QED) is 0.224. The molecule has 1 saturated heterocycles. The zero-order chi connectivity index (χ0) is 27.9. The van der Waals surface area contributed by atoms with E-state index in [2.05, 4.69) is 22.5 Å². The van der Waals surface area contributed by atoms with Crippen molar-refractivity contribution in [3.05, 3.63) is 114 Å². The van der Waals surface area contributed by atoms with Gasteiger partial charge in [-0.2, -0.15) is 0 Å². The van der Waals surface area contributed by atoms with Crippen molar-refractivity contribution in [2.75, 3.05) is 11.1 Å². The number of hydrogen-bond acceptors (Lipinski definition) is 6. The predicted octanol–water partition coefficient (Wildman–Crippen LogP) is 5.82. The first-order chi connectivity index (χ1) is 19.5. The van der Waals surface area contributed by atoms with Gasteiger partial charge in [-0.05, 0) is 28.8 Å². The van der Waals surface area contributed by atoms with Gasteiger partial charge in [-0.25, -0.2) is 9.78 Å². The minimum atomic E-state index is -0.577. The average molecular weight is 559 g/mol. The van der Waals surface area contributed by atoms with Crippen molar-refractivity contribution in [1.29, 1.82) is 0 Å². The smallest absolute Gasteiger partial charge is 0.319 e. The maximum Gasteiger partial charge on any atom is 0.319 e. The molecule has 2 amide bonds. The van der Waals surface area contributed by atoms with Gasteiger partial charge in [0, 0.05) is 48.9 Å². The van der Waals surface area contributed by atoms with Crippen LogP contribution < -0.4 is 10.6 Å². The number of aromatic nitrogens is 2. The summed E-state index contributed by atoms with van der Waals surface area (Å²) >= 11 is 1.66. The molecule has 9 heteroatoms. The molecule has 0 aliphatic carbocycles. The third kappa shape index (κ3) is 6.92. The highest BCUT2D eigenvalue weighted by molar-refractivity contribution is 7.99. The molecule has 40 heavy (non-hydrogen) atoms. The number of carbonyl (C=O) groups excluding carboxylic acids is 1. The van der Waals surface area contributed by atoms with Gasteiger partial charge in [0.1, 0.15) is 0 Å². The fourth-order valence-electron chi connectivity index (χ4n) is 4.63. The van der Waals surface area contributed by atoms with Crippen molar-refractivity contribution in [2.45, 2.75) is 43.7 Å². The summed E-state index contributed by atoms with van der Waals surface area (Å²) in [6, 6.07) is 24.9. The van der Waals surface area contributed by atoms with Crippen LogP contribution in [0.2, 0.25) is 0 Å². The summed E-state index contributed by atoms with van der Waals surface area (Å²) in [5, 5.41) is 16.2. The number of rotatable bonds is 9. The lowest BCUT2D eigenvalue weighted by atomic mass is 9.91. The standard InChI is InChI=1S/C31H34N4O4S/c1-21-27(20-40-31-32-16-17-35(31)2)38-29(39-28(21)24-10-8-23(19-36)9-11-24)25-12-14-26(15-13-25)34-30(37)33-18-22-6-4-3-5-7-22/h3-17,21,27-29,36H,18-20H2,1-2H3,(H2,33,34,37)/t21-,27+,28+,29+/m0/s1. The summed E-state index contributed by atoms with van der Waals surface area (Å²) < 4.78 is 15.0. The van der Waals surface area contributed by atoms with E-state index in [0.717, 1.165) is 33.2 Å². The summed E-state index contributed by atoms with van der Waals surface area (Å²) in [5.41, 5.74) is 4.48. The summed E-state index contributed by atoms with van der Waals surface area (Å²) in [7, 11) is 1.98. The van der Waals surface area contributed by atoms with Gasteiger partial charge >= 0.3 is 6.03 Å². The van der Waals surface area contributed by atoms with Crippen LogP contribution in [0.3, 0.4) is 0 Å². The topological polar surface area (TPSA) is 97.6 Å². The number of hydrogen-bond donors (Lipinski definition) is 3. The lowest BCUT2D eigenvalue weighted by Gasteiger charge is -2.41. The highest BCUT2D eigenvalue weighted by Gasteiger charge is 2.38. The number of nitrogens with one attached hydrogen (secondary N) is 2. The Morgan fingerprint density at radius 2 is 1.70 bits per heavy atom. The number of aliphatic hydroxyl groups excluding tert-OH is 1. The molecule has 1 aliphatic heterocycles. The number of thioether (sulfide) groups is 1. The fraction of sp³-hybridized carbons (Fsp3) is 0.290. The second-order valence-corrected chi connectivity index (χ2v) is 10.9. The first-order valence-electron chi connectivity index (χ1n) is 13.3. The Hall–Kier alpha value is -3.63. The molecule has 4 atom stereocenters. The Kier molecular flexibility index (Phi) is 9.18. The normalized spacial score (nSPS) is 20.7. The molecule has 8 nitrogen and oxygen atoms in total. The van der Waals surface area contributed by atoms with Crippen LogP contribution in [0.5, 0.6) is 0 Å². The highest BCUT2D eigenvalue weighted by Crippen LogP contribution is 2.43. The SMILES string of the molecule is C[C@H]1[C@@H](CSc2nccn2C)O[C@@H](c2ccc(NC(=O)NCc3ccccc3)cc2)O[C@H]1c1ccc(CO)cc1. The largest absolute Gasteiger partial charge is 0.392 e. The van der Waals surface area contributed by atoms with Crippen LogP contribution in [0.25, 0.3) is 0 Å². The molecule has 1 fully saturated rings. The van der Waals surface area contributed by atoms with E-state index in [1.165, 1.54) is 0 Å². The number of amides is 2. The van der Waals surface area contributed by atoms with Crippen molar-refractivity contribution < 1.29 is 19.4 Å². The Morgan fingerprint density at radius 1 is 0.975 bits per heavy atom. The van der Waals surface area contributed by atoms with E-state index in [1.807, 2.05) is 96.7 Å².